The molecule has 4 fully saturated rings. The summed E-state index contributed by atoms with van der Waals surface area (Å²) >= 11 is 0. The van der Waals surface area contributed by atoms with Crippen molar-refractivity contribution in [3.63, 3.8) is 0 Å². The van der Waals surface area contributed by atoms with Gasteiger partial charge in [-0.15, -0.1) is 0 Å². The minimum atomic E-state index is -3.96. The zero-order chi connectivity index (χ0) is 95.8. The van der Waals surface area contributed by atoms with Crippen LogP contribution in [0.2, 0.25) is 0 Å². The minimum Gasteiger partial charge on any atom is -0.397 e. The van der Waals surface area contributed by atoms with E-state index in [4.69, 9.17) is 14.4 Å². The van der Waals surface area contributed by atoms with Crippen molar-refractivity contribution in [2.75, 3.05) is 55.7 Å². The highest BCUT2D eigenvalue weighted by molar-refractivity contribution is 7.84. The fourth-order valence-corrected chi connectivity index (χ4v) is 20.7. The van der Waals surface area contributed by atoms with Gasteiger partial charge in [-0.05, 0) is 337 Å². The molecule has 0 radical (unpaired) electrons. The van der Waals surface area contributed by atoms with Gasteiger partial charge >= 0.3 is 10.3 Å². The number of hydrogen-bond donors (Lipinski definition) is 3. The Labute approximate surface area is 765 Å². The first-order valence-corrected chi connectivity index (χ1v) is 48.1. The molecule has 0 aromatic carbocycles. The lowest BCUT2D eigenvalue weighted by atomic mass is 9.96. The summed E-state index contributed by atoms with van der Waals surface area (Å²) in [6, 6.07) is 8.69. The molecule has 0 spiro atoms. The predicted molar refractivity (Wildman–Crippen MR) is 523 cm³/mol. The van der Waals surface area contributed by atoms with Gasteiger partial charge in [0.25, 0.3) is 0 Å². The number of carbonyl (C=O) groups is 4. The highest BCUT2D eigenvalue weighted by atomic mass is 32.2. The maximum atomic E-state index is 13.9. The standard InChI is InChI=1S/C26H39N3O.C25H38N4O4S.C25H37N3O2.C18H24N2O.C9H18.C2H6O/c1-10-20-14-21(13-16(20)2)28(9)23-11-12-27-18(4)24(23)25(30)22-15-29(26(6,7)8)19(5)17(22)3;1-15-11-20(12-19(15)14-33-34(26,31)32)28(8)22-9-10-27-17(3)23(22)24(30)21-13-29(25(5,6)7)18(4)16(21)2;1-15-11-20(12-19(15)14-29)27(8)22-9-10-26-17(3)23(22)24(30)21-13-28(25(5,6)7)18(4)16(21)2;1-11-8-9-19-13(3)16(11)17(21)15-10-20(18(5,6)7)14(4)12(15)2;1-4-9-6-7(2)5-8(9)3;1-2-3/h11-12,15-16,20-21H,10,13-14H2,1-9H3;9-10,13,15,19-20H,11-12,14H2,1-8H3,(H2,26,31,32);9-10,13,15,19-20,29H,11-12,14H2,1-8H3;8-10H,1-7H3;7-9H,4-6H2,1-3H3;3H,2H2,1H3/t16-,20-,21-;2*15-,19+,20-;;7-,8-,9-;/m000.0./s1. The number of aliphatic hydroxyl groups is 2. The van der Waals surface area contributed by atoms with Crippen LogP contribution < -0.4 is 19.8 Å². The molecule has 4 aliphatic carbocycles. The summed E-state index contributed by atoms with van der Waals surface area (Å²) in [7, 11) is 2.25. The number of aromatic nitrogens is 8. The molecular weight excluding hydrogens is 1610 g/mol. The number of aryl methyl sites for hydroxylation is 5. The summed E-state index contributed by atoms with van der Waals surface area (Å²) in [5, 5.41) is 22.3. The molecule has 0 bridgehead atoms. The van der Waals surface area contributed by atoms with Crippen molar-refractivity contribution >= 4 is 50.5 Å². The van der Waals surface area contributed by atoms with Crippen LogP contribution in [0.25, 0.3) is 0 Å². The second-order valence-corrected chi connectivity index (χ2v) is 43.0. The fraction of sp³-hybridized carbons (Fsp3) is 0.619. The van der Waals surface area contributed by atoms with E-state index in [1.807, 2.05) is 125 Å². The van der Waals surface area contributed by atoms with Gasteiger partial charge in [-0.25, -0.2) is 5.14 Å². The molecule has 0 unspecified atom stereocenters. The lowest BCUT2D eigenvalue weighted by Crippen LogP contribution is -2.31. The number of pyridine rings is 4. The average Bonchev–Trinajstić information content (AvgIpc) is 1.62. The summed E-state index contributed by atoms with van der Waals surface area (Å²) in [6.07, 6.45) is 26.6. The van der Waals surface area contributed by atoms with E-state index in [0.717, 1.165) is 168 Å². The van der Waals surface area contributed by atoms with Gasteiger partial charge in [0, 0.05) is 180 Å². The van der Waals surface area contributed by atoms with Gasteiger partial charge in [-0.2, -0.15) is 8.42 Å². The van der Waals surface area contributed by atoms with Gasteiger partial charge in [-0.3, -0.25) is 43.3 Å². The summed E-state index contributed by atoms with van der Waals surface area (Å²) in [5.74, 6) is 5.86. The quantitative estimate of drug-likeness (QED) is 0.0599. The van der Waals surface area contributed by atoms with Gasteiger partial charge < -0.3 is 43.2 Å². The van der Waals surface area contributed by atoms with Crippen LogP contribution in [-0.4, -0.2) is 139 Å². The van der Waals surface area contributed by atoms with Crippen LogP contribution in [0.1, 0.15) is 340 Å². The Balaban J connectivity index is 0.000000224. The Morgan fingerprint density at radius 2 is 0.654 bits per heavy atom. The second-order valence-electron chi connectivity index (χ2n) is 41.8. The highest BCUT2D eigenvalue weighted by Crippen LogP contribution is 2.44. The average molecular weight is 1770 g/mol. The molecule has 0 saturated heterocycles. The Morgan fingerprint density at radius 3 is 0.890 bits per heavy atom. The molecule has 0 amide bonds. The molecule has 4 N–H and O–H groups in total. The minimum absolute atomic E-state index is 0.0313. The lowest BCUT2D eigenvalue weighted by molar-refractivity contribution is 0.102. The molecule has 12 rings (SSSR count). The van der Waals surface area contributed by atoms with Crippen LogP contribution >= 0.6 is 0 Å². The van der Waals surface area contributed by atoms with E-state index in [2.05, 4.69) is 226 Å². The van der Waals surface area contributed by atoms with E-state index in [0.29, 0.717) is 46.3 Å². The molecule has 8 aromatic rings. The van der Waals surface area contributed by atoms with Crippen LogP contribution in [0.3, 0.4) is 0 Å². The van der Waals surface area contributed by atoms with Crippen molar-refractivity contribution in [2.45, 2.75) is 333 Å². The van der Waals surface area contributed by atoms with Crippen LogP contribution in [-0.2, 0) is 36.6 Å². The Kier molecular flexibility index (Phi) is 35.8. The SMILES string of the molecule is CCO.CC[C@H]1C[C@@H](C)C[C@@H]1C.CC[C@H]1C[C@@H](N(C)c2ccnc(C)c2C(=O)c2cn(C(C)(C)C)c(C)c2C)C[C@@H]1C.Cc1ccnc(C)c1C(=O)c1cn(C(C)(C)C)c(C)c1C.Cc1nccc(N(C)[C@@H]2C[C@H](CO)[C@@H](C)C2)c1C(=O)c1cn(C(C)(C)C)c(C)c1C.Cc1nccc(N(C)[C@@H]2C[C@H](COS(N)(=O)=O)[C@@H](C)C2)c1C(=O)c1cn(C(C)(C)C)c(C)c1C. The molecule has 8 aromatic heterocycles. The van der Waals surface area contributed by atoms with E-state index < -0.39 is 10.3 Å². The van der Waals surface area contributed by atoms with Crippen LogP contribution in [0, 0.1) is 143 Å². The third-order valence-electron chi connectivity index (χ3n) is 28.6. The zero-order valence-corrected chi connectivity index (χ0v) is 85.5. The lowest BCUT2D eigenvalue weighted by Gasteiger charge is -2.29. The van der Waals surface area contributed by atoms with E-state index in [1.165, 1.54) is 38.5 Å². The van der Waals surface area contributed by atoms with Crippen molar-refractivity contribution in [1.29, 1.82) is 0 Å². The predicted octanol–water partition coefficient (Wildman–Crippen LogP) is 21.7. The molecule has 4 saturated carbocycles. The molecule has 0 aliphatic heterocycles. The maximum Gasteiger partial charge on any atom is 0.333 e. The summed E-state index contributed by atoms with van der Waals surface area (Å²) < 4.78 is 36.1. The normalized spacial score (nSPS) is 21.2. The maximum absolute atomic E-state index is 13.9. The van der Waals surface area contributed by atoms with Crippen molar-refractivity contribution < 1.29 is 42.0 Å². The van der Waals surface area contributed by atoms with Crippen LogP contribution in [0.5, 0.6) is 0 Å². The third kappa shape index (κ3) is 24.8. The van der Waals surface area contributed by atoms with Crippen molar-refractivity contribution in [1.82, 2.24) is 38.2 Å². The van der Waals surface area contributed by atoms with E-state index in [-0.39, 0.29) is 83.0 Å². The summed E-state index contributed by atoms with van der Waals surface area (Å²) in [6.45, 7) is 70.1. The number of nitrogens with zero attached hydrogens (tertiary/aromatic N) is 11. The Bertz CT molecular complexity index is 5070. The largest absolute Gasteiger partial charge is 0.397 e. The highest BCUT2D eigenvalue weighted by Gasteiger charge is 2.40. The zero-order valence-electron chi connectivity index (χ0n) is 84.7. The fourth-order valence-electron chi connectivity index (χ4n) is 20.4. The number of ketones is 4. The molecular formula is C105H162N12O9S. The number of carbonyl (C=O) groups excluding carboxylic acids is 4. The molecule has 127 heavy (non-hydrogen) atoms. The van der Waals surface area contributed by atoms with E-state index >= 15 is 0 Å². The number of nitrogens with two attached hydrogens (primary N) is 1. The van der Waals surface area contributed by atoms with Gasteiger partial charge in [0.1, 0.15) is 0 Å². The summed E-state index contributed by atoms with van der Waals surface area (Å²) in [5.41, 5.74) is 20.9. The Morgan fingerprint density at radius 1 is 0.402 bits per heavy atom. The smallest absolute Gasteiger partial charge is 0.333 e. The van der Waals surface area contributed by atoms with E-state index in [1.54, 1.807) is 25.5 Å². The number of rotatable bonds is 20. The first-order chi connectivity index (χ1) is 58.8. The molecule has 4 aliphatic rings. The van der Waals surface area contributed by atoms with E-state index in [9.17, 15) is 32.7 Å². The second kappa shape index (κ2) is 43.1. The van der Waals surface area contributed by atoms with Crippen LogP contribution in [0.15, 0.2) is 73.8 Å². The van der Waals surface area contributed by atoms with Crippen molar-refractivity contribution in [3.8, 4) is 0 Å². The molecule has 21 nitrogen and oxygen atoms in total. The molecule has 8 heterocycles. The first kappa shape index (κ1) is 106. The van der Waals surface area contributed by atoms with Gasteiger partial charge in [0.05, 0.1) is 57.4 Å². The van der Waals surface area contributed by atoms with Gasteiger partial charge in [0.2, 0.25) is 0 Å². The van der Waals surface area contributed by atoms with Gasteiger partial charge in [0.15, 0.2) is 23.1 Å². The first-order valence-electron chi connectivity index (χ1n) is 46.7. The van der Waals surface area contributed by atoms with Crippen LogP contribution in [0.4, 0.5) is 17.1 Å². The number of anilines is 3. The Hall–Kier alpha value is -8.41. The molecule has 12 atom stereocenters. The number of hydrogen-bond acceptors (Lipinski definition) is 16. The number of aliphatic hydroxyl groups excluding tert-OH is 2. The van der Waals surface area contributed by atoms with Crippen molar-refractivity contribution in [3.05, 3.63) is 192 Å². The monoisotopic (exact) mass is 1770 g/mol. The topological polar surface area (TPSA) is 259 Å². The van der Waals surface area contributed by atoms with Crippen molar-refractivity contribution in [2.24, 2.45) is 58.4 Å². The molecule has 22 heteroatoms. The van der Waals surface area contributed by atoms with Gasteiger partial charge in [-0.1, -0.05) is 61.3 Å². The summed E-state index contributed by atoms with van der Waals surface area (Å²) in [4.78, 5) is 78.8. The molecule has 702 valence electrons. The third-order valence-corrected chi connectivity index (χ3v) is 29.1.